The van der Waals surface area contributed by atoms with Crippen LogP contribution in [0.5, 0.6) is 0 Å². The fraction of sp³-hybridized carbons (Fsp3) is 0.588. The van der Waals surface area contributed by atoms with Crippen LogP contribution < -0.4 is 5.32 Å². The molecule has 1 atom stereocenters. The molecule has 1 unspecified atom stereocenters. The second-order valence-corrected chi connectivity index (χ2v) is 5.81. The van der Waals surface area contributed by atoms with Gasteiger partial charge < -0.3 is 10.4 Å². The molecule has 0 heterocycles. The fourth-order valence-corrected chi connectivity index (χ4v) is 3.20. The number of benzene rings is 1. The van der Waals surface area contributed by atoms with E-state index in [9.17, 15) is 9.90 Å². The molecule has 2 N–H and O–H groups in total. The summed E-state index contributed by atoms with van der Waals surface area (Å²) in [6.45, 7) is 2.40. The standard InChI is InChI=1S/C17H25NO2/c1-2-8-15(19)13-18-16(20)17(11-6-7-12-17)14-9-4-3-5-10-14/h3-5,9-10,15,19H,2,6-8,11-13H2,1H3,(H,18,20). The van der Waals surface area contributed by atoms with Crippen molar-refractivity contribution in [3.63, 3.8) is 0 Å². The third-order valence-corrected chi connectivity index (χ3v) is 4.34. The molecule has 0 saturated heterocycles. The van der Waals surface area contributed by atoms with Gasteiger partial charge in [-0.25, -0.2) is 0 Å². The van der Waals surface area contributed by atoms with Crippen molar-refractivity contribution in [1.29, 1.82) is 0 Å². The molecule has 1 aromatic carbocycles. The number of hydrogen-bond acceptors (Lipinski definition) is 2. The maximum Gasteiger partial charge on any atom is 0.230 e. The third-order valence-electron chi connectivity index (χ3n) is 4.34. The first-order chi connectivity index (χ1) is 9.69. The predicted molar refractivity (Wildman–Crippen MR) is 80.5 cm³/mol. The van der Waals surface area contributed by atoms with Gasteiger partial charge in [-0.1, -0.05) is 56.5 Å². The van der Waals surface area contributed by atoms with Crippen LogP contribution in [0.4, 0.5) is 0 Å². The second kappa shape index (κ2) is 6.89. The van der Waals surface area contributed by atoms with Gasteiger partial charge in [-0.05, 0) is 24.8 Å². The van der Waals surface area contributed by atoms with Crippen molar-refractivity contribution in [2.24, 2.45) is 0 Å². The highest BCUT2D eigenvalue weighted by molar-refractivity contribution is 5.88. The molecule has 2 rings (SSSR count). The van der Waals surface area contributed by atoms with Crippen molar-refractivity contribution in [1.82, 2.24) is 5.32 Å². The first kappa shape index (κ1) is 15.0. The van der Waals surface area contributed by atoms with E-state index in [0.29, 0.717) is 6.54 Å². The molecule has 1 aliphatic carbocycles. The van der Waals surface area contributed by atoms with Crippen molar-refractivity contribution in [2.45, 2.75) is 57.0 Å². The summed E-state index contributed by atoms with van der Waals surface area (Å²) in [5.74, 6) is 0.0800. The summed E-state index contributed by atoms with van der Waals surface area (Å²) in [5.41, 5.74) is 0.729. The van der Waals surface area contributed by atoms with Crippen molar-refractivity contribution in [3.8, 4) is 0 Å². The van der Waals surface area contributed by atoms with Gasteiger partial charge in [-0.15, -0.1) is 0 Å². The van der Waals surface area contributed by atoms with Gasteiger partial charge in [0.2, 0.25) is 5.91 Å². The third kappa shape index (κ3) is 3.21. The summed E-state index contributed by atoms with van der Waals surface area (Å²) in [6.07, 6.45) is 5.25. The summed E-state index contributed by atoms with van der Waals surface area (Å²) >= 11 is 0. The zero-order valence-electron chi connectivity index (χ0n) is 12.3. The maximum absolute atomic E-state index is 12.7. The Morgan fingerprint density at radius 3 is 2.55 bits per heavy atom. The minimum Gasteiger partial charge on any atom is -0.391 e. The van der Waals surface area contributed by atoms with Crippen molar-refractivity contribution < 1.29 is 9.90 Å². The maximum atomic E-state index is 12.7. The van der Waals surface area contributed by atoms with Gasteiger partial charge in [0.1, 0.15) is 0 Å². The van der Waals surface area contributed by atoms with Gasteiger partial charge >= 0.3 is 0 Å². The average Bonchev–Trinajstić information content (AvgIpc) is 2.97. The van der Waals surface area contributed by atoms with Crippen LogP contribution in [0.3, 0.4) is 0 Å². The summed E-state index contributed by atoms with van der Waals surface area (Å²) in [7, 11) is 0. The quantitative estimate of drug-likeness (QED) is 0.838. The van der Waals surface area contributed by atoms with Crippen molar-refractivity contribution in [3.05, 3.63) is 35.9 Å². The van der Waals surface area contributed by atoms with E-state index in [1.807, 2.05) is 37.3 Å². The lowest BCUT2D eigenvalue weighted by atomic mass is 9.78. The van der Waals surface area contributed by atoms with Gasteiger partial charge in [0.25, 0.3) is 0 Å². The van der Waals surface area contributed by atoms with Crippen LogP contribution in [0, 0.1) is 0 Å². The Kier molecular flexibility index (Phi) is 5.18. The molecular formula is C17H25NO2. The highest BCUT2D eigenvalue weighted by Gasteiger charge is 2.42. The smallest absolute Gasteiger partial charge is 0.230 e. The van der Waals surface area contributed by atoms with Crippen molar-refractivity contribution in [2.75, 3.05) is 6.54 Å². The predicted octanol–water partition coefficient (Wildman–Crippen LogP) is 2.78. The van der Waals surface area contributed by atoms with Gasteiger partial charge in [0.05, 0.1) is 11.5 Å². The molecule has 1 aliphatic rings. The zero-order valence-corrected chi connectivity index (χ0v) is 12.3. The highest BCUT2D eigenvalue weighted by Crippen LogP contribution is 2.41. The second-order valence-electron chi connectivity index (χ2n) is 5.81. The molecule has 1 aromatic rings. The molecule has 0 bridgehead atoms. The number of rotatable bonds is 6. The number of carbonyl (C=O) groups is 1. The molecule has 0 radical (unpaired) electrons. The Hall–Kier alpha value is -1.35. The van der Waals surface area contributed by atoms with E-state index in [1.54, 1.807) is 0 Å². The number of hydrogen-bond donors (Lipinski definition) is 2. The van der Waals surface area contributed by atoms with Crippen LogP contribution in [0.1, 0.15) is 51.0 Å². The van der Waals surface area contributed by atoms with Crippen LogP contribution >= 0.6 is 0 Å². The molecule has 3 nitrogen and oxygen atoms in total. The Morgan fingerprint density at radius 2 is 1.95 bits per heavy atom. The zero-order chi connectivity index (χ0) is 14.4. The lowest BCUT2D eigenvalue weighted by Gasteiger charge is -2.28. The first-order valence-electron chi connectivity index (χ1n) is 7.71. The van der Waals surface area contributed by atoms with Gasteiger partial charge in [-0.2, -0.15) is 0 Å². The SMILES string of the molecule is CCCC(O)CNC(=O)C1(c2ccccc2)CCCC1. The van der Waals surface area contributed by atoms with Crippen LogP contribution in [-0.2, 0) is 10.2 Å². The molecule has 1 saturated carbocycles. The Bertz CT molecular complexity index is 424. The van der Waals surface area contributed by atoms with Crippen LogP contribution in [-0.4, -0.2) is 23.7 Å². The lowest BCUT2D eigenvalue weighted by Crippen LogP contribution is -2.45. The normalized spacial score (nSPS) is 18.7. The lowest BCUT2D eigenvalue weighted by molar-refractivity contribution is -0.127. The molecule has 0 spiro atoms. The topological polar surface area (TPSA) is 49.3 Å². The van der Waals surface area contributed by atoms with Gasteiger partial charge in [-0.3, -0.25) is 4.79 Å². The molecule has 3 heteroatoms. The van der Waals surface area contributed by atoms with E-state index in [1.165, 1.54) is 0 Å². The number of aliphatic hydroxyl groups excluding tert-OH is 1. The molecule has 0 aromatic heterocycles. The Balaban J connectivity index is 2.07. The van der Waals surface area contributed by atoms with Crippen LogP contribution in [0.2, 0.25) is 0 Å². The summed E-state index contributed by atoms with van der Waals surface area (Å²) in [5, 5.41) is 12.7. The van der Waals surface area contributed by atoms with E-state index in [4.69, 9.17) is 0 Å². The van der Waals surface area contributed by atoms with Gasteiger partial charge in [0, 0.05) is 6.54 Å². The van der Waals surface area contributed by atoms with E-state index >= 15 is 0 Å². The van der Waals surface area contributed by atoms with E-state index in [2.05, 4.69) is 5.32 Å². The highest BCUT2D eigenvalue weighted by atomic mass is 16.3. The number of aliphatic hydroxyl groups is 1. The van der Waals surface area contributed by atoms with Crippen molar-refractivity contribution >= 4 is 5.91 Å². The molecule has 1 fully saturated rings. The molecule has 0 aliphatic heterocycles. The summed E-state index contributed by atoms with van der Waals surface area (Å²) < 4.78 is 0. The monoisotopic (exact) mass is 275 g/mol. The fourth-order valence-electron chi connectivity index (χ4n) is 3.20. The van der Waals surface area contributed by atoms with E-state index in [-0.39, 0.29) is 11.3 Å². The first-order valence-corrected chi connectivity index (χ1v) is 7.71. The van der Waals surface area contributed by atoms with Gasteiger partial charge in [0.15, 0.2) is 0 Å². The summed E-state index contributed by atoms with van der Waals surface area (Å²) in [6, 6.07) is 10.1. The molecule has 110 valence electrons. The van der Waals surface area contributed by atoms with E-state index in [0.717, 1.165) is 44.1 Å². The number of nitrogens with one attached hydrogen (secondary N) is 1. The number of carbonyl (C=O) groups excluding carboxylic acids is 1. The molecular weight excluding hydrogens is 250 g/mol. The largest absolute Gasteiger partial charge is 0.391 e. The minimum atomic E-state index is -0.432. The molecule has 1 amide bonds. The molecule has 20 heavy (non-hydrogen) atoms. The average molecular weight is 275 g/mol. The Morgan fingerprint density at radius 1 is 1.30 bits per heavy atom. The van der Waals surface area contributed by atoms with E-state index < -0.39 is 6.10 Å². The minimum absolute atomic E-state index is 0.0800. The summed E-state index contributed by atoms with van der Waals surface area (Å²) in [4.78, 5) is 12.7. The Labute approximate surface area is 121 Å². The van der Waals surface area contributed by atoms with Crippen LogP contribution in [0.25, 0.3) is 0 Å². The number of amides is 1. The van der Waals surface area contributed by atoms with Crippen LogP contribution in [0.15, 0.2) is 30.3 Å².